The summed E-state index contributed by atoms with van der Waals surface area (Å²) in [5.41, 5.74) is -0.192. The summed E-state index contributed by atoms with van der Waals surface area (Å²) in [5.74, 6) is -7.11. The lowest BCUT2D eigenvalue weighted by molar-refractivity contribution is -0.159. The molecule has 0 bridgehead atoms. The van der Waals surface area contributed by atoms with E-state index in [4.69, 9.17) is 37.9 Å². The maximum Gasteiger partial charge on any atom is 0.341 e. The topological polar surface area (TPSA) is 263 Å². The van der Waals surface area contributed by atoms with E-state index in [1.807, 2.05) is 0 Å². The van der Waals surface area contributed by atoms with Gasteiger partial charge < -0.3 is 47.4 Å². The van der Waals surface area contributed by atoms with Gasteiger partial charge >= 0.3 is 53.7 Å². The van der Waals surface area contributed by atoms with E-state index in [2.05, 4.69) is 29.6 Å². The number of esters is 9. The average molecular weight is 1020 g/mol. The minimum Gasteiger partial charge on any atom is -0.465 e. The van der Waals surface area contributed by atoms with Crippen LogP contribution in [0.5, 0.6) is 23.0 Å². The zero-order valence-corrected chi connectivity index (χ0v) is 41.8. The molecular weight excluding hydrogens is 957 g/mol. The van der Waals surface area contributed by atoms with Gasteiger partial charge in [-0.1, -0.05) is 20.1 Å². The third-order valence-corrected chi connectivity index (χ3v) is 12.5. The highest BCUT2D eigenvalue weighted by Gasteiger charge is 2.35. The van der Waals surface area contributed by atoms with Crippen LogP contribution in [-0.2, 0) is 66.8 Å². The first kappa shape index (κ1) is 58.2. The van der Waals surface area contributed by atoms with Gasteiger partial charge in [-0.25, -0.2) is 19.2 Å². The van der Waals surface area contributed by atoms with Crippen molar-refractivity contribution in [2.24, 2.45) is 35.5 Å². The van der Waals surface area contributed by atoms with Crippen LogP contribution in [-0.4, -0.2) is 99.8 Å². The monoisotopic (exact) mass is 1020 g/mol. The molecule has 0 saturated heterocycles. The van der Waals surface area contributed by atoms with E-state index in [-0.39, 0.29) is 53.3 Å². The van der Waals surface area contributed by atoms with Crippen LogP contribution in [0, 0.1) is 35.5 Å². The molecule has 2 aromatic carbocycles. The number of carbonyl (C=O) groups excluding carboxylic acids is 10. The predicted octanol–water partition coefficient (Wildman–Crippen LogP) is 6.96. The maximum absolute atomic E-state index is 13.2. The lowest BCUT2D eigenvalue weighted by Crippen LogP contribution is -2.31. The Morgan fingerprint density at radius 1 is 0.521 bits per heavy atom. The Bertz CT molecular complexity index is 2310. The van der Waals surface area contributed by atoms with Gasteiger partial charge in [0.05, 0.1) is 43.8 Å². The Morgan fingerprint density at radius 2 is 0.863 bits per heavy atom. The van der Waals surface area contributed by atoms with Crippen molar-refractivity contribution in [2.75, 3.05) is 27.4 Å². The molecule has 0 aliphatic heterocycles. The summed E-state index contributed by atoms with van der Waals surface area (Å²) in [6.07, 6.45) is 6.92. The molecule has 73 heavy (non-hydrogen) atoms. The first-order chi connectivity index (χ1) is 34.9. The van der Waals surface area contributed by atoms with Crippen LogP contribution in [0.3, 0.4) is 0 Å². The van der Waals surface area contributed by atoms with Crippen LogP contribution >= 0.6 is 0 Å². The van der Waals surface area contributed by atoms with Crippen LogP contribution in [0.15, 0.2) is 61.7 Å². The number of benzene rings is 2. The van der Waals surface area contributed by atoms with Gasteiger partial charge in [-0.15, -0.1) is 0 Å². The first-order valence-electron chi connectivity index (χ1n) is 24.1. The zero-order valence-electron chi connectivity index (χ0n) is 41.8. The van der Waals surface area contributed by atoms with Crippen molar-refractivity contribution >= 4 is 60.2 Å². The van der Waals surface area contributed by atoms with Gasteiger partial charge in [0, 0.05) is 12.2 Å². The number of hydrogen-bond acceptors (Lipinski definition) is 20. The molecule has 3 aliphatic rings. The van der Waals surface area contributed by atoms with Gasteiger partial charge in [-0.2, -0.15) is 0 Å². The molecule has 0 amide bonds. The van der Waals surface area contributed by atoms with Gasteiger partial charge in [0.15, 0.2) is 0 Å². The fraction of sp³-hybridized carbons (Fsp3) is 0.509. The van der Waals surface area contributed by atoms with Gasteiger partial charge in [0.2, 0.25) is 0 Å². The van der Waals surface area contributed by atoms with E-state index in [1.165, 1.54) is 43.5 Å². The lowest BCUT2D eigenvalue weighted by Gasteiger charge is -2.26. The standard InChI is InChI=1S/C46H54O16.C7H10O4/c1-6-39(47)58-27(3)25-57-40(48)28-11-13-32(14-12-28)44(52)62-38-22-20-34(24-36(38)46(54)56-5)60-42(50)31-17-15-30(16-18-31)41(49)59-33-19-21-37(35(23-33)45(53)55-4)61-43(51)29-9-7-26(2)8-10-29;1-3-7(9)11-6(2)4-10-5-8/h6,19-24,26-32H,1,7-18,25H2,2-5H3;3,5-6H,1,4H2,2H3. The summed E-state index contributed by atoms with van der Waals surface area (Å²) in [6, 6.07) is 8.12. The lowest BCUT2D eigenvalue weighted by atomic mass is 9.82. The van der Waals surface area contributed by atoms with Crippen LogP contribution in [0.4, 0.5) is 0 Å². The first-order valence-corrected chi connectivity index (χ1v) is 24.1. The van der Waals surface area contributed by atoms with Crippen LogP contribution in [0.25, 0.3) is 0 Å². The quantitative estimate of drug-likeness (QED) is 0.0426. The van der Waals surface area contributed by atoms with E-state index in [9.17, 15) is 47.9 Å². The molecule has 396 valence electrons. The minimum absolute atomic E-state index is 0.0174. The molecule has 2 atom stereocenters. The van der Waals surface area contributed by atoms with Crippen LogP contribution < -0.4 is 18.9 Å². The number of ether oxygens (including phenoxy) is 10. The third-order valence-electron chi connectivity index (χ3n) is 12.5. The normalized spacial score (nSPS) is 20.9. The van der Waals surface area contributed by atoms with E-state index in [1.54, 1.807) is 13.8 Å². The summed E-state index contributed by atoms with van der Waals surface area (Å²) in [6.45, 7) is 12.1. The smallest absolute Gasteiger partial charge is 0.341 e. The molecule has 3 saturated carbocycles. The molecule has 2 unspecified atom stereocenters. The molecule has 2 aromatic rings. The van der Waals surface area contributed by atoms with Crippen molar-refractivity contribution in [2.45, 2.75) is 110 Å². The summed E-state index contributed by atoms with van der Waals surface area (Å²) >= 11 is 0. The number of hydrogen-bond donors (Lipinski definition) is 0. The second-order valence-corrected chi connectivity index (χ2v) is 18.0. The Balaban J connectivity index is 0.000000937. The van der Waals surface area contributed by atoms with Crippen molar-refractivity contribution in [1.82, 2.24) is 0 Å². The fourth-order valence-corrected chi connectivity index (χ4v) is 8.32. The van der Waals surface area contributed by atoms with E-state index in [0.29, 0.717) is 76.6 Å². The summed E-state index contributed by atoms with van der Waals surface area (Å²) < 4.78 is 51.5. The fourth-order valence-electron chi connectivity index (χ4n) is 8.32. The highest BCUT2D eigenvalue weighted by atomic mass is 16.6. The average Bonchev–Trinajstić information content (AvgIpc) is 3.40. The molecule has 0 aromatic heterocycles. The van der Waals surface area contributed by atoms with Gasteiger partial charge in [0.1, 0.15) is 59.5 Å². The Morgan fingerprint density at radius 3 is 1.22 bits per heavy atom. The highest BCUT2D eigenvalue weighted by molar-refractivity contribution is 5.95. The SMILES string of the molecule is C=CC(=O)OC(C)COC(=O)C1CCC(C(=O)Oc2ccc(OC(=O)C3CCC(C(=O)Oc4ccc(OC(=O)C5CCC(C)CC5)c(C(=O)OC)c4)CC3)cc2C(=O)OC)CC1.C=CC(=O)OC(C)COC=O. The van der Waals surface area contributed by atoms with Crippen molar-refractivity contribution in [3.63, 3.8) is 0 Å². The van der Waals surface area contributed by atoms with Crippen molar-refractivity contribution in [3.8, 4) is 23.0 Å². The molecule has 3 fully saturated rings. The summed E-state index contributed by atoms with van der Waals surface area (Å²) in [5, 5.41) is 0. The van der Waals surface area contributed by atoms with Crippen LogP contribution in [0.1, 0.15) is 119 Å². The minimum atomic E-state index is -0.826. The number of rotatable bonds is 20. The highest BCUT2D eigenvalue weighted by Crippen LogP contribution is 2.36. The largest absolute Gasteiger partial charge is 0.465 e. The summed E-state index contributed by atoms with van der Waals surface area (Å²) in [7, 11) is 2.35. The second-order valence-electron chi connectivity index (χ2n) is 18.0. The van der Waals surface area contributed by atoms with Crippen molar-refractivity contribution in [1.29, 1.82) is 0 Å². The van der Waals surface area contributed by atoms with E-state index < -0.39 is 89.6 Å². The van der Waals surface area contributed by atoms with E-state index in [0.717, 1.165) is 32.1 Å². The molecule has 5 rings (SSSR count). The molecular formula is C53H64O20. The number of carbonyl (C=O) groups is 10. The molecule has 0 N–H and O–H groups in total. The third kappa shape index (κ3) is 18.3. The molecule has 3 aliphatic carbocycles. The number of methoxy groups -OCH3 is 2. The molecule has 0 spiro atoms. The second kappa shape index (κ2) is 29.2. The molecule has 0 heterocycles. The van der Waals surface area contributed by atoms with Gasteiger partial charge in [-0.05, 0) is 133 Å². The molecule has 20 heteroatoms. The van der Waals surface area contributed by atoms with Gasteiger partial charge in [0.25, 0.3) is 6.47 Å². The maximum atomic E-state index is 13.2. The van der Waals surface area contributed by atoms with Crippen LogP contribution in [0.2, 0.25) is 0 Å². The Labute approximate surface area is 423 Å². The van der Waals surface area contributed by atoms with Crippen molar-refractivity contribution in [3.05, 3.63) is 72.8 Å². The van der Waals surface area contributed by atoms with E-state index >= 15 is 0 Å². The summed E-state index contributed by atoms with van der Waals surface area (Å²) in [4.78, 5) is 122. The zero-order chi connectivity index (χ0) is 53.6. The van der Waals surface area contributed by atoms with Gasteiger partial charge in [-0.3, -0.25) is 28.8 Å². The Hall–Kier alpha value is -7.38. The van der Waals surface area contributed by atoms with Crippen molar-refractivity contribution < 1.29 is 95.3 Å². The molecule has 0 radical (unpaired) electrons. The predicted molar refractivity (Wildman–Crippen MR) is 255 cm³/mol. The molecule has 20 nitrogen and oxygen atoms in total. The Kier molecular flexibility index (Phi) is 23.3.